The molecule has 0 spiro atoms. The van der Waals surface area contributed by atoms with Crippen molar-refractivity contribution in [2.75, 3.05) is 24.5 Å². The predicted molar refractivity (Wildman–Crippen MR) is 103 cm³/mol. The zero-order chi connectivity index (χ0) is 19.0. The number of anilines is 1. The molecular formula is C20H25N5O2. The van der Waals surface area contributed by atoms with Crippen LogP contribution in [-0.4, -0.2) is 47.0 Å². The molecule has 0 saturated carbocycles. The largest absolute Gasteiger partial charge is 0.353 e. The Bertz CT molecular complexity index is 844. The summed E-state index contributed by atoms with van der Waals surface area (Å²) < 4.78 is 2.05. The fraction of sp³-hybridized carbons (Fsp3) is 0.400. The van der Waals surface area contributed by atoms with E-state index in [0.717, 1.165) is 16.9 Å². The predicted octanol–water partition coefficient (Wildman–Crippen LogP) is 1.12. The number of amides is 2. The first kappa shape index (κ1) is 17.8. The number of nitrogens with zero attached hydrogens (tertiary/aromatic N) is 3. The summed E-state index contributed by atoms with van der Waals surface area (Å²) in [5, 5.41) is 0. The van der Waals surface area contributed by atoms with Crippen molar-refractivity contribution in [2.24, 2.45) is 7.05 Å². The van der Waals surface area contributed by atoms with Gasteiger partial charge in [-0.1, -0.05) is 17.7 Å². The van der Waals surface area contributed by atoms with Gasteiger partial charge in [-0.05, 0) is 37.6 Å². The van der Waals surface area contributed by atoms with Crippen LogP contribution in [0.1, 0.15) is 23.7 Å². The highest BCUT2D eigenvalue weighted by atomic mass is 16.2. The second-order valence-corrected chi connectivity index (χ2v) is 7.31. The minimum atomic E-state index is -0.316. The molecule has 2 atom stereocenters. The molecule has 4 rings (SSSR count). The Hall–Kier alpha value is -2.64. The first-order valence-electron chi connectivity index (χ1n) is 9.31. The normalized spacial score (nSPS) is 23.1. The van der Waals surface area contributed by atoms with Gasteiger partial charge in [0.2, 0.25) is 11.8 Å². The quantitative estimate of drug-likeness (QED) is 0.853. The zero-order valence-corrected chi connectivity index (χ0v) is 15.7. The first-order chi connectivity index (χ1) is 13.0. The van der Waals surface area contributed by atoms with Gasteiger partial charge in [0.1, 0.15) is 12.6 Å². The SMILES string of the molecule is Cc1ccc(N2CCN(C(=O)C3CC(c4cccn4C)NN3)CC2=O)cc1. The van der Waals surface area contributed by atoms with Gasteiger partial charge in [0.05, 0.1) is 6.04 Å². The van der Waals surface area contributed by atoms with E-state index in [9.17, 15) is 9.59 Å². The summed E-state index contributed by atoms with van der Waals surface area (Å²) in [5.74, 6) is -0.0560. The molecular weight excluding hydrogens is 342 g/mol. The van der Waals surface area contributed by atoms with Crippen molar-refractivity contribution in [1.82, 2.24) is 20.3 Å². The number of hydrazine groups is 1. The summed E-state index contributed by atoms with van der Waals surface area (Å²) in [6.45, 7) is 3.22. The van der Waals surface area contributed by atoms with Crippen LogP contribution in [0.3, 0.4) is 0 Å². The number of aromatic nitrogens is 1. The number of benzene rings is 1. The highest BCUT2D eigenvalue weighted by molar-refractivity contribution is 5.98. The third-order valence-corrected chi connectivity index (χ3v) is 5.42. The molecule has 7 heteroatoms. The van der Waals surface area contributed by atoms with Gasteiger partial charge in [0.15, 0.2) is 0 Å². The minimum absolute atomic E-state index is 0.0175. The average molecular weight is 367 g/mol. The third kappa shape index (κ3) is 3.48. The number of hydrogen-bond donors (Lipinski definition) is 2. The fourth-order valence-electron chi connectivity index (χ4n) is 3.83. The lowest BCUT2D eigenvalue weighted by Crippen LogP contribution is -2.56. The maximum atomic E-state index is 12.9. The van der Waals surface area contributed by atoms with E-state index in [2.05, 4.69) is 21.5 Å². The van der Waals surface area contributed by atoms with Crippen LogP contribution in [0, 0.1) is 6.92 Å². The second-order valence-electron chi connectivity index (χ2n) is 7.31. The van der Waals surface area contributed by atoms with Crippen LogP contribution >= 0.6 is 0 Å². The monoisotopic (exact) mass is 367 g/mol. The highest BCUT2D eigenvalue weighted by Gasteiger charge is 2.36. The molecule has 2 N–H and O–H groups in total. The summed E-state index contributed by atoms with van der Waals surface area (Å²) in [4.78, 5) is 28.9. The number of nitrogens with one attached hydrogen (secondary N) is 2. The Morgan fingerprint density at radius 3 is 2.56 bits per heavy atom. The number of carbonyl (C=O) groups excluding carboxylic acids is 2. The van der Waals surface area contributed by atoms with E-state index in [-0.39, 0.29) is 30.4 Å². The molecule has 2 aliphatic rings. The number of hydrogen-bond acceptors (Lipinski definition) is 4. The van der Waals surface area contributed by atoms with Gasteiger partial charge in [-0.25, -0.2) is 10.9 Å². The number of aryl methyl sites for hydroxylation is 2. The van der Waals surface area contributed by atoms with E-state index >= 15 is 0 Å². The lowest BCUT2D eigenvalue weighted by molar-refractivity contribution is -0.138. The first-order valence-corrected chi connectivity index (χ1v) is 9.31. The smallest absolute Gasteiger partial charge is 0.246 e. The van der Waals surface area contributed by atoms with Crippen LogP contribution in [0.5, 0.6) is 0 Å². The molecule has 0 bridgehead atoms. The molecule has 2 fully saturated rings. The highest BCUT2D eigenvalue weighted by Crippen LogP contribution is 2.24. The molecule has 0 radical (unpaired) electrons. The van der Waals surface area contributed by atoms with E-state index in [1.54, 1.807) is 9.80 Å². The Morgan fingerprint density at radius 2 is 1.89 bits per heavy atom. The Kier molecular flexibility index (Phi) is 4.72. The molecule has 2 saturated heterocycles. The van der Waals surface area contributed by atoms with Crippen LogP contribution in [-0.2, 0) is 16.6 Å². The summed E-state index contributed by atoms with van der Waals surface area (Å²) in [5.41, 5.74) is 9.50. The molecule has 2 aromatic rings. The average Bonchev–Trinajstić information content (AvgIpc) is 3.30. The maximum Gasteiger partial charge on any atom is 0.246 e. The molecule has 0 aliphatic carbocycles. The van der Waals surface area contributed by atoms with Crippen LogP contribution in [0.4, 0.5) is 5.69 Å². The molecule has 142 valence electrons. The molecule has 1 aromatic carbocycles. The van der Waals surface area contributed by atoms with Gasteiger partial charge >= 0.3 is 0 Å². The van der Waals surface area contributed by atoms with Crippen LogP contribution < -0.4 is 15.8 Å². The summed E-state index contributed by atoms with van der Waals surface area (Å²) in [6.07, 6.45) is 2.66. The van der Waals surface area contributed by atoms with E-state index in [0.29, 0.717) is 19.5 Å². The van der Waals surface area contributed by atoms with Crippen LogP contribution in [0.15, 0.2) is 42.6 Å². The standard InChI is InChI=1S/C20H25N5O2/c1-14-5-7-15(8-6-14)25-11-10-24(13-19(25)26)20(27)17-12-16(21-22-17)18-4-3-9-23(18)2/h3-9,16-17,21-22H,10-13H2,1-2H3. The second kappa shape index (κ2) is 7.17. The van der Waals surface area contributed by atoms with Gasteiger partial charge in [-0.2, -0.15) is 0 Å². The van der Waals surface area contributed by atoms with E-state index < -0.39 is 0 Å². The molecule has 3 heterocycles. The lowest BCUT2D eigenvalue weighted by atomic mass is 10.1. The number of rotatable bonds is 3. The van der Waals surface area contributed by atoms with Gasteiger partial charge < -0.3 is 14.4 Å². The fourth-order valence-corrected chi connectivity index (χ4v) is 3.83. The number of carbonyl (C=O) groups is 2. The minimum Gasteiger partial charge on any atom is -0.353 e. The summed E-state index contributed by atoms with van der Waals surface area (Å²) in [7, 11) is 2.00. The summed E-state index contributed by atoms with van der Waals surface area (Å²) >= 11 is 0. The Labute approximate surface area is 158 Å². The van der Waals surface area contributed by atoms with Crippen molar-refractivity contribution in [3.8, 4) is 0 Å². The van der Waals surface area contributed by atoms with Gasteiger partial charge in [-0.15, -0.1) is 0 Å². The molecule has 27 heavy (non-hydrogen) atoms. The van der Waals surface area contributed by atoms with Crippen molar-refractivity contribution in [3.05, 3.63) is 53.9 Å². The van der Waals surface area contributed by atoms with Gasteiger partial charge in [0.25, 0.3) is 0 Å². The van der Waals surface area contributed by atoms with Gasteiger partial charge in [0, 0.05) is 37.7 Å². The molecule has 2 unspecified atom stereocenters. The van der Waals surface area contributed by atoms with Crippen molar-refractivity contribution in [2.45, 2.75) is 25.4 Å². The number of piperazine rings is 1. The summed E-state index contributed by atoms with van der Waals surface area (Å²) in [6, 6.07) is 11.7. The third-order valence-electron chi connectivity index (χ3n) is 5.42. The van der Waals surface area contributed by atoms with Crippen molar-refractivity contribution < 1.29 is 9.59 Å². The van der Waals surface area contributed by atoms with E-state index in [1.807, 2.05) is 50.5 Å². The molecule has 2 aliphatic heterocycles. The van der Waals surface area contributed by atoms with Crippen molar-refractivity contribution in [3.63, 3.8) is 0 Å². The Balaban J connectivity index is 1.38. The van der Waals surface area contributed by atoms with Crippen molar-refractivity contribution in [1.29, 1.82) is 0 Å². The van der Waals surface area contributed by atoms with Crippen LogP contribution in [0.25, 0.3) is 0 Å². The van der Waals surface area contributed by atoms with E-state index in [4.69, 9.17) is 0 Å². The van der Waals surface area contributed by atoms with Crippen molar-refractivity contribution >= 4 is 17.5 Å². The van der Waals surface area contributed by atoms with E-state index in [1.165, 1.54) is 0 Å². The molecule has 1 aromatic heterocycles. The topological polar surface area (TPSA) is 69.6 Å². The molecule has 2 amide bonds. The van der Waals surface area contributed by atoms with Gasteiger partial charge in [-0.3, -0.25) is 9.59 Å². The Morgan fingerprint density at radius 1 is 1.11 bits per heavy atom. The molecule has 7 nitrogen and oxygen atoms in total. The maximum absolute atomic E-state index is 12.9. The zero-order valence-electron chi connectivity index (χ0n) is 15.7. The van der Waals surface area contributed by atoms with Crippen LogP contribution in [0.2, 0.25) is 0 Å². The lowest BCUT2D eigenvalue weighted by Gasteiger charge is -2.35.